The van der Waals surface area contributed by atoms with Crippen LogP contribution in [0.4, 0.5) is 0 Å². The van der Waals surface area contributed by atoms with E-state index in [4.69, 9.17) is 23.2 Å². The van der Waals surface area contributed by atoms with Crippen LogP contribution in [-0.4, -0.2) is 0 Å². The largest absolute Gasteiger partial charge is 0.0878 e. The van der Waals surface area contributed by atoms with Crippen molar-refractivity contribution >= 4 is 28.2 Å². The van der Waals surface area contributed by atoms with Gasteiger partial charge in [0, 0.05) is 5.03 Å². The number of allylic oxidation sites excluding steroid dienone is 1. The van der Waals surface area contributed by atoms with E-state index in [2.05, 4.69) is 0 Å². The second-order valence-electron chi connectivity index (χ2n) is 2.21. The standard InChI is InChI=1S/C9H8Cl2/c1-7(10)9(11)8-5-3-2-4-6-8/h2-6H,1H3/b9-7+. The minimum absolute atomic E-state index is 0.618. The van der Waals surface area contributed by atoms with Crippen LogP contribution < -0.4 is 0 Å². The van der Waals surface area contributed by atoms with Gasteiger partial charge in [0.25, 0.3) is 0 Å². The summed E-state index contributed by atoms with van der Waals surface area (Å²) in [5.41, 5.74) is 0.960. The van der Waals surface area contributed by atoms with E-state index in [9.17, 15) is 0 Å². The smallest absolute Gasteiger partial charge is 0.0620 e. The van der Waals surface area contributed by atoms with Gasteiger partial charge in [0.2, 0.25) is 0 Å². The molecule has 2 heteroatoms. The molecular weight excluding hydrogens is 179 g/mol. The maximum absolute atomic E-state index is 5.89. The minimum Gasteiger partial charge on any atom is -0.0878 e. The molecule has 0 unspecified atom stereocenters. The van der Waals surface area contributed by atoms with Gasteiger partial charge in [0.15, 0.2) is 0 Å². The highest BCUT2D eigenvalue weighted by Crippen LogP contribution is 2.24. The fourth-order valence-corrected chi connectivity index (χ4v) is 1.02. The Balaban J connectivity index is 3.04. The van der Waals surface area contributed by atoms with Crippen molar-refractivity contribution in [2.24, 2.45) is 0 Å². The first-order valence-electron chi connectivity index (χ1n) is 3.29. The van der Waals surface area contributed by atoms with Gasteiger partial charge in [-0.25, -0.2) is 0 Å². The molecule has 0 aliphatic heterocycles. The number of hydrogen-bond donors (Lipinski definition) is 0. The molecule has 0 aromatic heterocycles. The molecular formula is C9H8Cl2. The number of halogens is 2. The molecule has 0 radical (unpaired) electrons. The molecule has 0 spiro atoms. The van der Waals surface area contributed by atoms with Crippen molar-refractivity contribution in [2.75, 3.05) is 0 Å². The molecule has 0 amide bonds. The normalized spacial score (nSPS) is 12.6. The molecule has 0 aliphatic rings. The third-order valence-corrected chi connectivity index (χ3v) is 2.12. The van der Waals surface area contributed by atoms with Crippen LogP contribution in [0.3, 0.4) is 0 Å². The van der Waals surface area contributed by atoms with Crippen molar-refractivity contribution in [3.63, 3.8) is 0 Å². The van der Waals surface area contributed by atoms with E-state index in [1.165, 1.54) is 0 Å². The maximum atomic E-state index is 5.89. The van der Waals surface area contributed by atoms with Crippen LogP contribution in [0.15, 0.2) is 35.4 Å². The highest BCUT2D eigenvalue weighted by Gasteiger charge is 1.98. The minimum atomic E-state index is 0.618. The van der Waals surface area contributed by atoms with Gasteiger partial charge in [-0.05, 0) is 12.5 Å². The van der Waals surface area contributed by atoms with Crippen LogP contribution in [-0.2, 0) is 0 Å². The molecule has 58 valence electrons. The van der Waals surface area contributed by atoms with Crippen LogP contribution in [0.1, 0.15) is 12.5 Å². The topological polar surface area (TPSA) is 0 Å². The lowest BCUT2D eigenvalue weighted by molar-refractivity contribution is 1.61. The second-order valence-corrected chi connectivity index (χ2v) is 3.16. The summed E-state index contributed by atoms with van der Waals surface area (Å²) in [4.78, 5) is 0. The van der Waals surface area contributed by atoms with E-state index in [-0.39, 0.29) is 0 Å². The highest BCUT2D eigenvalue weighted by molar-refractivity contribution is 6.54. The molecule has 11 heavy (non-hydrogen) atoms. The molecule has 0 atom stereocenters. The lowest BCUT2D eigenvalue weighted by Crippen LogP contribution is -1.75. The fraction of sp³-hybridized carbons (Fsp3) is 0.111. The maximum Gasteiger partial charge on any atom is 0.0620 e. The van der Waals surface area contributed by atoms with E-state index in [1.54, 1.807) is 6.92 Å². The van der Waals surface area contributed by atoms with E-state index >= 15 is 0 Å². The molecule has 0 saturated heterocycles. The van der Waals surface area contributed by atoms with Gasteiger partial charge >= 0.3 is 0 Å². The Morgan fingerprint density at radius 1 is 1.09 bits per heavy atom. The number of rotatable bonds is 1. The van der Waals surface area contributed by atoms with Gasteiger partial charge in [-0.1, -0.05) is 53.5 Å². The molecule has 1 aromatic carbocycles. The van der Waals surface area contributed by atoms with Gasteiger partial charge in [0.05, 0.1) is 5.03 Å². The van der Waals surface area contributed by atoms with Gasteiger partial charge in [-0.2, -0.15) is 0 Å². The van der Waals surface area contributed by atoms with E-state index in [0.717, 1.165) is 5.56 Å². The summed E-state index contributed by atoms with van der Waals surface area (Å²) in [5.74, 6) is 0. The first kappa shape index (κ1) is 8.63. The summed E-state index contributed by atoms with van der Waals surface area (Å²) >= 11 is 11.6. The quantitative estimate of drug-likeness (QED) is 0.626. The lowest BCUT2D eigenvalue weighted by atomic mass is 10.2. The van der Waals surface area contributed by atoms with Crippen molar-refractivity contribution < 1.29 is 0 Å². The summed E-state index contributed by atoms with van der Waals surface area (Å²) < 4.78 is 0. The fourth-order valence-electron chi connectivity index (χ4n) is 0.783. The zero-order chi connectivity index (χ0) is 8.27. The van der Waals surface area contributed by atoms with Crippen molar-refractivity contribution in [3.8, 4) is 0 Å². The highest BCUT2D eigenvalue weighted by atomic mass is 35.5. The first-order valence-corrected chi connectivity index (χ1v) is 4.04. The lowest BCUT2D eigenvalue weighted by Gasteiger charge is -1.98. The summed E-state index contributed by atoms with van der Waals surface area (Å²) in [6.07, 6.45) is 0. The predicted octanol–water partition coefficient (Wildman–Crippen LogP) is 3.85. The Morgan fingerprint density at radius 3 is 2.09 bits per heavy atom. The molecule has 0 fully saturated rings. The Labute approximate surface area is 76.4 Å². The Hall–Kier alpha value is -0.460. The third kappa shape index (κ3) is 2.25. The molecule has 0 bridgehead atoms. The molecule has 0 nitrogen and oxygen atoms in total. The third-order valence-electron chi connectivity index (χ3n) is 1.33. The molecule has 0 aliphatic carbocycles. The summed E-state index contributed by atoms with van der Waals surface area (Å²) in [7, 11) is 0. The average molecular weight is 187 g/mol. The summed E-state index contributed by atoms with van der Waals surface area (Å²) in [6, 6.07) is 9.65. The van der Waals surface area contributed by atoms with Gasteiger partial charge in [-0.15, -0.1) is 0 Å². The van der Waals surface area contributed by atoms with Gasteiger partial charge in [0.1, 0.15) is 0 Å². The first-order chi connectivity index (χ1) is 5.22. The van der Waals surface area contributed by atoms with Gasteiger partial charge in [-0.3, -0.25) is 0 Å². The van der Waals surface area contributed by atoms with Crippen LogP contribution in [0.2, 0.25) is 0 Å². The van der Waals surface area contributed by atoms with Crippen molar-refractivity contribution in [1.82, 2.24) is 0 Å². The zero-order valence-electron chi connectivity index (χ0n) is 6.14. The molecule has 0 N–H and O–H groups in total. The Bertz CT molecular complexity index is 258. The second kappa shape index (κ2) is 3.80. The zero-order valence-corrected chi connectivity index (χ0v) is 7.65. The van der Waals surface area contributed by atoms with Gasteiger partial charge < -0.3 is 0 Å². The molecule has 1 rings (SSSR count). The van der Waals surface area contributed by atoms with Crippen molar-refractivity contribution in [1.29, 1.82) is 0 Å². The van der Waals surface area contributed by atoms with Crippen LogP contribution in [0.5, 0.6) is 0 Å². The van der Waals surface area contributed by atoms with E-state index in [0.29, 0.717) is 10.1 Å². The monoisotopic (exact) mass is 186 g/mol. The summed E-state index contributed by atoms with van der Waals surface area (Å²) in [6.45, 7) is 1.77. The van der Waals surface area contributed by atoms with Crippen molar-refractivity contribution in [3.05, 3.63) is 40.9 Å². The predicted molar refractivity (Wildman–Crippen MR) is 50.7 cm³/mol. The number of benzene rings is 1. The Morgan fingerprint density at radius 2 is 1.64 bits per heavy atom. The number of hydrogen-bond acceptors (Lipinski definition) is 0. The van der Waals surface area contributed by atoms with Crippen molar-refractivity contribution in [2.45, 2.75) is 6.92 Å². The molecule has 1 aromatic rings. The van der Waals surface area contributed by atoms with E-state index < -0.39 is 0 Å². The van der Waals surface area contributed by atoms with Crippen LogP contribution in [0, 0.1) is 0 Å². The molecule has 0 heterocycles. The van der Waals surface area contributed by atoms with Crippen LogP contribution in [0.25, 0.3) is 5.03 Å². The SMILES string of the molecule is C/C(Cl)=C(\Cl)c1ccccc1. The molecule has 0 saturated carbocycles. The van der Waals surface area contributed by atoms with Crippen LogP contribution >= 0.6 is 23.2 Å². The summed E-state index contributed by atoms with van der Waals surface area (Å²) in [5, 5.41) is 1.24. The van der Waals surface area contributed by atoms with E-state index in [1.807, 2.05) is 30.3 Å². The average Bonchev–Trinajstić information content (AvgIpc) is 2.05. The Kier molecular flexibility index (Phi) is 2.98.